The fourth-order valence-electron chi connectivity index (χ4n) is 1.77. The normalized spacial score (nSPS) is 10.0. The number of hydrogen-bond acceptors (Lipinski definition) is 7. The van der Waals surface area contributed by atoms with Crippen LogP contribution < -0.4 is 4.74 Å². The standard InChI is InChI=1S/C18H16O7/c1-12(2)22-18(21)23-15-11-7-6-10-14(15)17(20)25-24-16(19)13-8-4-3-5-9-13/h3-12H,1-2H3. The maximum atomic E-state index is 12.1. The summed E-state index contributed by atoms with van der Waals surface area (Å²) >= 11 is 0. The lowest BCUT2D eigenvalue weighted by atomic mass is 10.2. The average Bonchev–Trinajstić information content (AvgIpc) is 2.60. The fourth-order valence-corrected chi connectivity index (χ4v) is 1.77. The summed E-state index contributed by atoms with van der Waals surface area (Å²) in [6.45, 7) is 3.31. The van der Waals surface area contributed by atoms with Crippen molar-refractivity contribution in [2.75, 3.05) is 0 Å². The van der Waals surface area contributed by atoms with Gasteiger partial charge in [-0.15, -0.1) is 0 Å². The van der Waals surface area contributed by atoms with E-state index < -0.39 is 18.1 Å². The molecule has 0 N–H and O–H groups in total. The highest BCUT2D eigenvalue weighted by Crippen LogP contribution is 2.20. The van der Waals surface area contributed by atoms with Gasteiger partial charge in [-0.2, -0.15) is 0 Å². The maximum Gasteiger partial charge on any atom is 0.514 e. The quantitative estimate of drug-likeness (QED) is 0.363. The monoisotopic (exact) mass is 344 g/mol. The third kappa shape index (κ3) is 5.35. The smallest absolute Gasteiger partial charge is 0.431 e. The predicted octanol–water partition coefficient (Wildman–Crippen LogP) is 3.54. The summed E-state index contributed by atoms with van der Waals surface area (Å²) in [6.07, 6.45) is -1.34. The molecule has 7 nitrogen and oxygen atoms in total. The van der Waals surface area contributed by atoms with Gasteiger partial charge in [0.1, 0.15) is 11.3 Å². The van der Waals surface area contributed by atoms with Crippen molar-refractivity contribution >= 4 is 18.1 Å². The number of ether oxygens (including phenoxy) is 2. The number of carbonyl (C=O) groups is 3. The van der Waals surface area contributed by atoms with Gasteiger partial charge in [0.2, 0.25) is 0 Å². The molecule has 25 heavy (non-hydrogen) atoms. The molecule has 7 heteroatoms. The summed E-state index contributed by atoms with van der Waals surface area (Å²) in [7, 11) is 0. The van der Waals surface area contributed by atoms with Crippen molar-refractivity contribution in [3.05, 3.63) is 65.7 Å². The van der Waals surface area contributed by atoms with Crippen LogP contribution in [-0.2, 0) is 14.5 Å². The summed E-state index contributed by atoms with van der Waals surface area (Å²) in [5.41, 5.74) is 0.129. The van der Waals surface area contributed by atoms with Crippen LogP contribution in [0.3, 0.4) is 0 Å². The van der Waals surface area contributed by atoms with Gasteiger partial charge in [-0.3, -0.25) is 0 Å². The van der Waals surface area contributed by atoms with E-state index in [4.69, 9.17) is 9.47 Å². The lowest BCUT2D eigenvalue weighted by Crippen LogP contribution is -2.18. The van der Waals surface area contributed by atoms with Gasteiger partial charge in [0, 0.05) is 0 Å². The fraction of sp³-hybridized carbons (Fsp3) is 0.167. The molecule has 2 aromatic carbocycles. The minimum Gasteiger partial charge on any atom is -0.431 e. The Morgan fingerprint density at radius 2 is 1.40 bits per heavy atom. The SMILES string of the molecule is CC(C)OC(=O)Oc1ccccc1C(=O)OOC(=O)c1ccccc1. The van der Waals surface area contributed by atoms with E-state index in [1.165, 1.54) is 30.3 Å². The highest BCUT2D eigenvalue weighted by molar-refractivity contribution is 5.94. The van der Waals surface area contributed by atoms with Crippen LogP contribution >= 0.6 is 0 Å². The Balaban J connectivity index is 2.02. The molecule has 0 saturated heterocycles. The van der Waals surface area contributed by atoms with Gasteiger partial charge in [0.05, 0.1) is 11.7 Å². The van der Waals surface area contributed by atoms with Crippen LogP contribution in [0.5, 0.6) is 5.75 Å². The first-order valence-electron chi connectivity index (χ1n) is 7.43. The summed E-state index contributed by atoms with van der Waals surface area (Å²) in [5.74, 6) is -1.89. The Morgan fingerprint density at radius 3 is 2.08 bits per heavy atom. The molecule has 0 aromatic heterocycles. The minimum absolute atomic E-state index is 0.0751. The van der Waals surface area contributed by atoms with E-state index in [0.29, 0.717) is 0 Å². The van der Waals surface area contributed by atoms with Gasteiger partial charge in [-0.1, -0.05) is 30.3 Å². The van der Waals surface area contributed by atoms with Crippen molar-refractivity contribution in [1.82, 2.24) is 0 Å². The van der Waals surface area contributed by atoms with Crippen LogP contribution in [0, 0.1) is 0 Å². The van der Waals surface area contributed by atoms with Crippen molar-refractivity contribution in [3.8, 4) is 5.75 Å². The molecule has 0 fully saturated rings. The molecule has 130 valence electrons. The molecular formula is C18H16O7. The van der Waals surface area contributed by atoms with Gasteiger partial charge in [0.25, 0.3) is 0 Å². The molecular weight excluding hydrogens is 328 g/mol. The number of benzene rings is 2. The van der Waals surface area contributed by atoms with Crippen molar-refractivity contribution in [3.63, 3.8) is 0 Å². The van der Waals surface area contributed by atoms with Gasteiger partial charge in [-0.05, 0) is 38.1 Å². The van der Waals surface area contributed by atoms with Crippen LogP contribution in [0.25, 0.3) is 0 Å². The maximum absolute atomic E-state index is 12.1. The Morgan fingerprint density at radius 1 is 0.800 bits per heavy atom. The second-order valence-electron chi connectivity index (χ2n) is 5.12. The molecule has 0 spiro atoms. The highest BCUT2D eigenvalue weighted by Gasteiger charge is 2.20. The summed E-state index contributed by atoms with van der Waals surface area (Å²) in [5, 5.41) is 0. The van der Waals surface area contributed by atoms with Crippen molar-refractivity contribution in [2.24, 2.45) is 0 Å². The summed E-state index contributed by atoms with van der Waals surface area (Å²) in [6, 6.07) is 13.9. The lowest BCUT2D eigenvalue weighted by molar-refractivity contribution is -0.187. The molecule has 2 aromatic rings. The molecule has 0 aliphatic carbocycles. The molecule has 0 aliphatic rings. The third-order valence-corrected chi connectivity index (χ3v) is 2.83. The van der Waals surface area contributed by atoms with E-state index in [2.05, 4.69) is 9.78 Å². The zero-order valence-corrected chi connectivity index (χ0v) is 13.6. The first-order chi connectivity index (χ1) is 12.0. The van der Waals surface area contributed by atoms with E-state index in [-0.39, 0.29) is 23.0 Å². The third-order valence-electron chi connectivity index (χ3n) is 2.83. The zero-order chi connectivity index (χ0) is 18.2. The van der Waals surface area contributed by atoms with Crippen LogP contribution in [0.4, 0.5) is 4.79 Å². The topological polar surface area (TPSA) is 88.1 Å². The Hall–Kier alpha value is -3.35. The van der Waals surface area contributed by atoms with Crippen LogP contribution in [0.2, 0.25) is 0 Å². The second kappa shape index (κ2) is 8.49. The molecule has 0 unspecified atom stereocenters. The van der Waals surface area contributed by atoms with Gasteiger partial charge in [-0.25, -0.2) is 24.2 Å². The van der Waals surface area contributed by atoms with Crippen LogP contribution in [0.15, 0.2) is 54.6 Å². The van der Waals surface area contributed by atoms with Crippen molar-refractivity contribution in [1.29, 1.82) is 0 Å². The van der Waals surface area contributed by atoms with Crippen LogP contribution in [-0.4, -0.2) is 24.2 Å². The van der Waals surface area contributed by atoms with Gasteiger partial charge < -0.3 is 9.47 Å². The summed E-state index contributed by atoms with van der Waals surface area (Å²) < 4.78 is 9.81. The minimum atomic E-state index is -0.989. The summed E-state index contributed by atoms with van der Waals surface area (Å²) in [4.78, 5) is 44.4. The van der Waals surface area contributed by atoms with Gasteiger partial charge >= 0.3 is 18.1 Å². The molecule has 0 saturated carbocycles. The average molecular weight is 344 g/mol. The zero-order valence-electron chi connectivity index (χ0n) is 13.6. The molecule has 0 radical (unpaired) electrons. The first kappa shape index (κ1) is 18.0. The predicted molar refractivity (Wildman–Crippen MR) is 86.0 cm³/mol. The number of rotatable bonds is 4. The highest BCUT2D eigenvalue weighted by atomic mass is 17.2. The largest absolute Gasteiger partial charge is 0.514 e. The number of para-hydroxylation sites is 1. The molecule has 0 aliphatic heterocycles. The van der Waals surface area contributed by atoms with E-state index in [9.17, 15) is 14.4 Å². The van der Waals surface area contributed by atoms with Crippen molar-refractivity contribution in [2.45, 2.75) is 20.0 Å². The van der Waals surface area contributed by atoms with E-state index >= 15 is 0 Å². The molecule has 0 heterocycles. The van der Waals surface area contributed by atoms with E-state index in [0.717, 1.165) is 0 Å². The first-order valence-corrected chi connectivity index (χ1v) is 7.43. The van der Waals surface area contributed by atoms with Crippen LogP contribution in [0.1, 0.15) is 34.6 Å². The van der Waals surface area contributed by atoms with Crippen molar-refractivity contribution < 1.29 is 33.6 Å². The number of hydrogen-bond donors (Lipinski definition) is 0. The van der Waals surface area contributed by atoms with Gasteiger partial charge in [0.15, 0.2) is 0 Å². The Bertz CT molecular complexity index is 753. The number of carbonyl (C=O) groups excluding carboxylic acids is 3. The molecule has 2 rings (SSSR count). The van der Waals surface area contributed by atoms with E-state index in [1.54, 1.807) is 38.1 Å². The second-order valence-corrected chi connectivity index (χ2v) is 5.12. The molecule has 0 atom stereocenters. The Labute approximate surface area is 144 Å². The molecule has 0 bridgehead atoms. The lowest BCUT2D eigenvalue weighted by Gasteiger charge is -2.10. The van der Waals surface area contributed by atoms with E-state index in [1.807, 2.05) is 0 Å². The Kier molecular flexibility index (Phi) is 6.11. The molecule has 0 amide bonds.